The molecule has 0 bridgehead atoms. The van der Waals surface area contributed by atoms with Gasteiger partial charge in [-0.2, -0.15) is 5.26 Å². The maximum Gasteiger partial charge on any atom is 0.262 e. The zero-order valence-corrected chi connectivity index (χ0v) is 19.6. The molecule has 0 fully saturated rings. The monoisotopic (exact) mass is 503 g/mol. The molecular weight excluding hydrogens is 482 g/mol. The Hall–Kier alpha value is -3.89. The molecule has 0 radical (unpaired) electrons. The van der Waals surface area contributed by atoms with E-state index in [1.54, 1.807) is 18.2 Å². The number of nitriles is 1. The number of carbonyl (C=O) groups excluding carboxylic acids is 2. The molecule has 0 unspecified atom stereocenters. The Morgan fingerprint density at radius 3 is 2.48 bits per heavy atom. The zero-order chi connectivity index (χ0) is 23.6. The number of benzene rings is 3. The summed E-state index contributed by atoms with van der Waals surface area (Å²) in [5.41, 5.74) is 3.28. The first kappa shape index (κ1) is 23.8. The highest BCUT2D eigenvalue weighted by Gasteiger charge is 2.11. The van der Waals surface area contributed by atoms with Crippen LogP contribution in [0.3, 0.4) is 0 Å². The summed E-state index contributed by atoms with van der Waals surface area (Å²) in [6.07, 6.45) is 1.50. The Morgan fingerprint density at radius 1 is 1.06 bits per heavy atom. The van der Waals surface area contributed by atoms with Crippen molar-refractivity contribution in [1.29, 1.82) is 5.26 Å². The molecule has 0 aromatic heterocycles. The summed E-state index contributed by atoms with van der Waals surface area (Å²) in [6.45, 7) is 2.09. The van der Waals surface area contributed by atoms with Gasteiger partial charge in [-0.15, -0.1) is 0 Å². The second kappa shape index (κ2) is 11.7. The van der Waals surface area contributed by atoms with Crippen LogP contribution in [-0.2, 0) is 16.1 Å². The molecule has 3 aromatic carbocycles. The van der Waals surface area contributed by atoms with Gasteiger partial charge in [-0.1, -0.05) is 54.6 Å². The summed E-state index contributed by atoms with van der Waals surface area (Å²) in [4.78, 5) is 24.6. The van der Waals surface area contributed by atoms with E-state index in [1.807, 2.05) is 67.6 Å². The molecule has 2 amide bonds. The fraction of sp³-hybridized carbons (Fsp3) is 0.115. The van der Waals surface area contributed by atoms with Crippen molar-refractivity contribution in [2.45, 2.75) is 13.5 Å². The predicted molar refractivity (Wildman–Crippen MR) is 131 cm³/mol. The van der Waals surface area contributed by atoms with E-state index in [-0.39, 0.29) is 18.1 Å². The van der Waals surface area contributed by atoms with E-state index >= 15 is 0 Å². The summed E-state index contributed by atoms with van der Waals surface area (Å²) in [5.74, 6) is -0.258. The first-order valence-corrected chi connectivity index (χ1v) is 11.0. The van der Waals surface area contributed by atoms with Crippen LogP contribution in [0.1, 0.15) is 16.7 Å². The van der Waals surface area contributed by atoms with Crippen molar-refractivity contribution < 1.29 is 14.3 Å². The average Bonchev–Trinajstić information content (AvgIpc) is 2.82. The number of nitrogens with zero attached hydrogens (tertiary/aromatic N) is 1. The van der Waals surface area contributed by atoms with Crippen molar-refractivity contribution in [2.75, 3.05) is 11.9 Å². The molecule has 6 nitrogen and oxygen atoms in total. The molecule has 0 aliphatic heterocycles. The van der Waals surface area contributed by atoms with Crippen LogP contribution in [0.4, 0.5) is 5.69 Å². The van der Waals surface area contributed by atoms with Crippen LogP contribution in [0.2, 0.25) is 0 Å². The lowest BCUT2D eigenvalue weighted by Crippen LogP contribution is -2.23. The number of amides is 2. The third-order valence-electron chi connectivity index (χ3n) is 4.71. The van der Waals surface area contributed by atoms with E-state index < -0.39 is 5.91 Å². The van der Waals surface area contributed by atoms with Gasteiger partial charge in [0.15, 0.2) is 6.61 Å². The van der Waals surface area contributed by atoms with Gasteiger partial charge in [0, 0.05) is 12.2 Å². The SMILES string of the molecule is Cc1ccccc1NC(=O)COc1ccc(/C=C(\C#N)C(=O)NCc2ccccc2)cc1Br. The van der Waals surface area contributed by atoms with Gasteiger partial charge in [-0.3, -0.25) is 9.59 Å². The molecule has 0 saturated carbocycles. The maximum absolute atomic E-state index is 12.4. The molecule has 2 N–H and O–H groups in total. The minimum Gasteiger partial charge on any atom is -0.483 e. The summed E-state index contributed by atoms with van der Waals surface area (Å²) < 4.78 is 6.21. The summed E-state index contributed by atoms with van der Waals surface area (Å²) in [6, 6.07) is 24.0. The lowest BCUT2D eigenvalue weighted by molar-refractivity contribution is -0.118. The van der Waals surface area contributed by atoms with Crippen molar-refractivity contribution >= 4 is 39.5 Å². The number of anilines is 1. The molecule has 0 spiro atoms. The van der Waals surface area contributed by atoms with Crippen molar-refractivity contribution in [3.8, 4) is 11.8 Å². The van der Waals surface area contributed by atoms with Gasteiger partial charge in [0.1, 0.15) is 17.4 Å². The second-order valence-electron chi connectivity index (χ2n) is 7.18. The smallest absolute Gasteiger partial charge is 0.262 e. The van der Waals surface area contributed by atoms with Gasteiger partial charge >= 0.3 is 0 Å². The lowest BCUT2D eigenvalue weighted by atomic mass is 10.1. The highest BCUT2D eigenvalue weighted by Crippen LogP contribution is 2.27. The number of ether oxygens (including phenoxy) is 1. The van der Waals surface area contributed by atoms with Crippen LogP contribution in [0.15, 0.2) is 82.8 Å². The summed E-state index contributed by atoms with van der Waals surface area (Å²) in [7, 11) is 0. The van der Waals surface area contributed by atoms with Gasteiger partial charge < -0.3 is 15.4 Å². The van der Waals surface area contributed by atoms with Crippen LogP contribution < -0.4 is 15.4 Å². The molecule has 33 heavy (non-hydrogen) atoms. The topological polar surface area (TPSA) is 91.2 Å². The van der Waals surface area contributed by atoms with E-state index in [0.717, 1.165) is 16.8 Å². The van der Waals surface area contributed by atoms with Crippen molar-refractivity contribution in [2.24, 2.45) is 0 Å². The van der Waals surface area contributed by atoms with E-state index in [0.29, 0.717) is 22.3 Å². The zero-order valence-electron chi connectivity index (χ0n) is 18.0. The van der Waals surface area contributed by atoms with Crippen molar-refractivity contribution in [1.82, 2.24) is 5.32 Å². The van der Waals surface area contributed by atoms with Gasteiger partial charge in [0.25, 0.3) is 11.8 Å². The molecule has 7 heteroatoms. The highest BCUT2D eigenvalue weighted by atomic mass is 79.9. The van der Waals surface area contributed by atoms with E-state index in [2.05, 4.69) is 26.6 Å². The Balaban J connectivity index is 1.59. The average molecular weight is 504 g/mol. The number of carbonyl (C=O) groups is 2. The fourth-order valence-electron chi connectivity index (χ4n) is 2.96. The third kappa shape index (κ3) is 7.06. The molecule has 3 rings (SSSR count). The molecule has 3 aromatic rings. The minimum absolute atomic E-state index is 0.0101. The van der Waals surface area contributed by atoms with Crippen LogP contribution in [0.5, 0.6) is 5.75 Å². The second-order valence-corrected chi connectivity index (χ2v) is 8.03. The lowest BCUT2D eigenvalue weighted by Gasteiger charge is -2.11. The molecule has 0 heterocycles. The van der Waals surface area contributed by atoms with Gasteiger partial charge in [-0.05, 0) is 63.8 Å². The number of hydrogen-bond donors (Lipinski definition) is 2. The highest BCUT2D eigenvalue weighted by molar-refractivity contribution is 9.10. The fourth-order valence-corrected chi connectivity index (χ4v) is 3.47. The van der Waals surface area contributed by atoms with Gasteiger partial charge in [-0.25, -0.2) is 0 Å². The minimum atomic E-state index is -0.453. The van der Waals surface area contributed by atoms with E-state index in [1.165, 1.54) is 6.08 Å². The van der Waals surface area contributed by atoms with Crippen LogP contribution in [0.25, 0.3) is 6.08 Å². The Labute approximate surface area is 201 Å². The molecule has 0 saturated heterocycles. The first-order chi connectivity index (χ1) is 16.0. The van der Waals surface area contributed by atoms with Crippen molar-refractivity contribution in [3.05, 3.63) is 99.5 Å². The maximum atomic E-state index is 12.4. The Kier molecular flexibility index (Phi) is 8.39. The number of hydrogen-bond acceptors (Lipinski definition) is 4. The number of aryl methyl sites for hydroxylation is 1. The van der Waals surface area contributed by atoms with Crippen LogP contribution in [-0.4, -0.2) is 18.4 Å². The first-order valence-electron chi connectivity index (χ1n) is 10.2. The van der Waals surface area contributed by atoms with E-state index in [9.17, 15) is 14.9 Å². The number of halogens is 1. The largest absolute Gasteiger partial charge is 0.483 e. The molecule has 0 aliphatic carbocycles. The number of rotatable bonds is 8. The Bertz CT molecular complexity index is 1220. The number of para-hydroxylation sites is 1. The summed E-state index contributed by atoms with van der Waals surface area (Å²) >= 11 is 3.42. The number of nitrogens with one attached hydrogen (secondary N) is 2. The van der Waals surface area contributed by atoms with Crippen LogP contribution in [0, 0.1) is 18.3 Å². The van der Waals surface area contributed by atoms with Gasteiger partial charge in [0.2, 0.25) is 0 Å². The predicted octanol–water partition coefficient (Wildman–Crippen LogP) is 5.00. The molecule has 0 aliphatic rings. The molecule has 166 valence electrons. The summed E-state index contributed by atoms with van der Waals surface area (Å²) in [5, 5.41) is 15.0. The normalized spacial score (nSPS) is 10.8. The van der Waals surface area contributed by atoms with Crippen molar-refractivity contribution in [3.63, 3.8) is 0 Å². The molecule has 0 atom stereocenters. The molecular formula is C26H22BrN3O3. The van der Waals surface area contributed by atoms with Gasteiger partial charge in [0.05, 0.1) is 4.47 Å². The standard InChI is InChI=1S/C26H22BrN3O3/c1-18-7-5-6-10-23(18)30-25(31)17-33-24-12-11-20(14-22(24)27)13-21(15-28)26(32)29-16-19-8-3-2-4-9-19/h2-14H,16-17H2,1H3,(H,29,32)(H,30,31)/b21-13+. The Morgan fingerprint density at radius 2 is 1.79 bits per heavy atom. The quantitative estimate of drug-likeness (QED) is 0.334. The van der Waals surface area contributed by atoms with Crippen LogP contribution >= 0.6 is 15.9 Å². The van der Waals surface area contributed by atoms with E-state index in [4.69, 9.17) is 4.74 Å². The third-order valence-corrected chi connectivity index (χ3v) is 5.33.